The largest absolute Gasteiger partial charge is 0.497 e. The first-order valence-corrected chi connectivity index (χ1v) is 12.1. The maximum atomic E-state index is 13.5. The van der Waals surface area contributed by atoms with E-state index in [9.17, 15) is 18.0 Å². The first-order chi connectivity index (χ1) is 15.8. The van der Waals surface area contributed by atoms with Gasteiger partial charge in [-0.05, 0) is 55.5 Å². The molecule has 1 saturated heterocycles. The Labute approximate surface area is 192 Å². The highest BCUT2D eigenvalue weighted by molar-refractivity contribution is 7.89. The zero-order chi connectivity index (χ0) is 23.6. The molecule has 1 aliphatic rings. The van der Waals surface area contributed by atoms with Crippen molar-refractivity contribution in [1.82, 2.24) is 9.29 Å². The van der Waals surface area contributed by atoms with Gasteiger partial charge in [0.2, 0.25) is 10.0 Å². The third-order valence-electron chi connectivity index (χ3n) is 5.81. The van der Waals surface area contributed by atoms with Gasteiger partial charge in [0.1, 0.15) is 5.75 Å². The molecule has 33 heavy (non-hydrogen) atoms. The minimum Gasteiger partial charge on any atom is -0.497 e. The van der Waals surface area contributed by atoms with Crippen molar-refractivity contribution < 1.29 is 22.7 Å². The second-order valence-electron chi connectivity index (χ2n) is 8.09. The minimum atomic E-state index is -3.94. The van der Waals surface area contributed by atoms with E-state index in [1.165, 1.54) is 35.5 Å². The number of ketones is 1. The SMILES string of the molecule is COc1ccc2cc(CN(C[C@H]3CCCO3)S(=O)(=O)c3ccc(C(C)=O)cc3)c(=O)[nH]c2c1. The first kappa shape index (κ1) is 23.2. The second-order valence-corrected chi connectivity index (χ2v) is 10.0. The topological polar surface area (TPSA) is 106 Å². The fraction of sp³-hybridized carbons (Fsp3) is 0.333. The standard InChI is InChI=1S/C24H26N2O6S/c1-16(27)17-6-9-22(10-7-17)33(29,30)26(15-21-4-3-11-32-21)14-19-12-18-5-8-20(31-2)13-23(18)25-24(19)28/h5-10,12-13,21H,3-4,11,14-15H2,1-2H3,(H,25,28)/t21-/m1/s1. The number of rotatable bonds is 8. The van der Waals surface area contributed by atoms with Gasteiger partial charge in [-0.1, -0.05) is 12.1 Å². The number of hydrogen-bond donors (Lipinski definition) is 1. The number of ether oxygens (including phenoxy) is 2. The number of aromatic amines is 1. The molecule has 8 nitrogen and oxygen atoms in total. The van der Waals surface area contributed by atoms with E-state index in [4.69, 9.17) is 9.47 Å². The van der Waals surface area contributed by atoms with Crippen molar-refractivity contribution in [2.45, 2.75) is 37.3 Å². The summed E-state index contributed by atoms with van der Waals surface area (Å²) in [5.41, 5.74) is 1.00. The number of aromatic nitrogens is 1. The van der Waals surface area contributed by atoms with Crippen molar-refractivity contribution in [1.29, 1.82) is 0 Å². The number of carbonyl (C=O) groups is 1. The molecule has 3 aromatic rings. The van der Waals surface area contributed by atoms with Crippen LogP contribution in [0.25, 0.3) is 10.9 Å². The zero-order valence-corrected chi connectivity index (χ0v) is 19.4. The Balaban J connectivity index is 1.70. The van der Waals surface area contributed by atoms with Crippen LogP contribution in [0.3, 0.4) is 0 Å². The van der Waals surface area contributed by atoms with Crippen LogP contribution in [0.4, 0.5) is 0 Å². The van der Waals surface area contributed by atoms with Crippen LogP contribution >= 0.6 is 0 Å². The monoisotopic (exact) mass is 470 g/mol. The maximum absolute atomic E-state index is 13.5. The highest BCUT2D eigenvalue weighted by Crippen LogP contribution is 2.24. The van der Waals surface area contributed by atoms with Crippen LogP contribution in [0.1, 0.15) is 35.7 Å². The molecule has 0 saturated carbocycles. The fourth-order valence-corrected chi connectivity index (χ4v) is 5.38. The number of nitrogens with one attached hydrogen (secondary N) is 1. The van der Waals surface area contributed by atoms with Gasteiger partial charge in [-0.15, -0.1) is 0 Å². The van der Waals surface area contributed by atoms with Gasteiger partial charge < -0.3 is 14.5 Å². The summed E-state index contributed by atoms with van der Waals surface area (Å²) in [5, 5.41) is 0.769. The predicted molar refractivity (Wildman–Crippen MR) is 124 cm³/mol. The van der Waals surface area contributed by atoms with E-state index in [1.54, 1.807) is 25.3 Å². The van der Waals surface area contributed by atoms with Crippen LogP contribution < -0.4 is 10.3 Å². The Kier molecular flexibility index (Phi) is 6.64. The quantitative estimate of drug-likeness (QED) is 0.507. The summed E-state index contributed by atoms with van der Waals surface area (Å²) in [5.74, 6) is 0.469. The molecular formula is C24H26N2O6S. The Bertz CT molecular complexity index is 1330. The molecule has 0 radical (unpaired) electrons. The molecule has 0 bridgehead atoms. The van der Waals surface area contributed by atoms with Gasteiger partial charge in [-0.3, -0.25) is 9.59 Å². The van der Waals surface area contributed by atoms with Gasteiger partial charge in [0.15, 0.2) is 5.78 Å². The highest BCUT2D eigenvalue weighted by Gasteiger charge is 2.30. The molecule has 4 rings (SSSR count). The fourth-order valence-electron chi connectivity index (χ4n) is 3.93. The smallest absolute Gasteiger partial charge is 0.252 e. The first-order valence-electron chi connectivity index (χ1n) is 10.7. The van der Waals surface area contributed by atoms with Crippen LogP contribution in [0.15, 0.2) is 58.2 Å². The molecule has 1 fully saturated rings. The van der Waals surface area contributed by atoms with E-state index in [-0.39, 0.29) is 35.4 Å². The van der Waals surface area contributed by atoms with Crippen molar-refractivity contribution in [3.8, 4) is 5.75 Å². The van der Waals surface area contributed by atoms with Gasteiger partial charge in [0.25, 0.3) is 5.56 Å². The molecule has 174 valence electrons. The normalized spacial score (nSPS) is 16.4. The van der Waals surface area contributed by atoms with E-state index >= 15 is 0 Å². The summed E-state index contributed by atoms with van der Waals surface area (Å²) >= 11 is 0. The molecule has 1 N–H and O–H groups in total. The molecule has 1 aliphatic heterocycles. The molecule has 0 aliphatic carbocycles. The Morgan fingerprint density at radius 2 is 1.94 bits per heavy atom. The molecule has 1 atom stereocenters. The number of benzene rings is 2. The summed E-state index contributed by atoms with van der Waals surface area (Å²) in [6.45, 7) is 2.05. The minimum absolute atomic E-state index is 0.0625. The average molecular weight is 471 g/mol. The Morgan fingerprint density at radius 3 is 2.58 bits per heavy atom. The zero-order valence-electron chi connectivity index (χ0n) is 18.5. The number of carbonyl (C=O) groups excluding carboxylic acids is 1. The molecule has 0 spiro atoms. The molecule has 1 aromatic heterocycles. The molecule has 9 heteroatoms. The Morgan fingerprint density at radius 1 is 1.18 bits per heavy atom. The molecular weight excluding hydrogens is 444 g/mol. The third kappa shape index (κ3) is 5.00. The molecule has 2 aromatic carbocycles. The van der Waals surface area contributed by atoms with Crippen molar-refractivity contribution in [3.05, 3.63) is 70.0 Å². The predicted octanol–water partition coefficient (Wildman–Crippen LogP) is 3.11. The van der Waals surface area contributed by atoms with Crippen molar-refractivity contribution in [3.63, 3.8) is 0 Å². The lowest BCUT2D eigenvalue weighted by molar-refractivity contribution is 0.0925. The van der Waals surface area contributed by atoms with E-state index in [0.29, 0.717) is 29.0 Å². The van der Waals surface area contributed by atoms with E-state index in [2.05, 4.69) is 4.98 Å². The number of Topliss-reactive ketones (excluding diaryl/α,β-unsaturated/α-hetero) is 1. The van der Waals surface area contributed by atoms with Crippen LogP contribution in [-0.4, -0.2) is 49.9 Å². The second kappa shape index (κ2) is 9.46. The summed E-state index contributed by atoms with van der Waals surface area (Å²) < 4.78 is 39.2. The number of nitrogens with zero attached hydrogens (tertiary/aromatic N) is 1. The van der Waals surface area contributed by atoms with Crippen LogP contribution in [0, 0.1) is 0 Å². The van der Waals surface area contributed by atoms with Crippen molar-refractivity contribution in [2.75, 3.05) is 20.3 Å². The number of hydrogen-bond acceptors (Lipinski definition) is 6. The van der Waals surface area contributed by atoms with Crippen molar-refractivity contribution >= 4 is 26.7 Å². The van der Waals surface area contributed by atoms with E-state index < -0.39 is 10.0 Å². The van der Waals surface area contributed by atoms with Gasteiger partial charge in [-0.25, -0.2) is 8.42 Å². The van der Waals surface area contributed by atoms with Crippen LogP contribution in [-0.2, 0) is 21.3 Å². The lowest BCUT2D eigenvalue weighted by Crippen LogP contribution is -2.38. The van der Waals surface area contributed by atoms with Crippen molar-refractivity contribution in [2.24, 2.45) is 0 Å². The van der Waals surface area contributed by atoms with E-state index in [1.807, 2.05) is 6.07 Å². The maximum Gasteiger partial charge on any atom is 0.252 e. The van der Waals surface area contributed by atoms with Crippen LogP contribution in [0.5, 0.6) is 5.75 Å². The van der Waals surface area contributed by atoms with E-state index in [0.717, 1.165) is 18.2 Å². The number of fused-ring (bicyclic) bond motifs is 1. The van der Waals surface area contributed by atoms with Gasteiger partial charge in [0, 0.05) is 36.9 Å². The van der Waals surface area contributed by atoms with Gasteiger partial charge in [-0.2, -0.15) is 4.31 Å². The highest BCUT2D eigenvalue weighted by atomic mass is 32.2. The van der Waals surface area contributed by atoms with Gasteiger partial charge in [0.05, 0.1) is 23.6 Å². The summed E-state index contributed by atoms with van der Waals surface area (Å²) in [6.07, 6.45) is 1.38. The third-order valence-corrected chi connectivity index (χ3v) is 7.63. The van der Waals surface area contributed by atoms with Gasteiger partial charge >= 0.3 is 0 Å². The number of methoxy groups -OCH3 is 1. The summed E-state index contributed by atoms with van der Waals surface area (Å²) in [6, 6.07) is 12.8. The molecule has 0 amide bonds. The number of sulfonamides is 1. The summed E-state index contributed by atoms with van der Waals surface area (Å²) in [7, 11) is -2.39. The number of H-pyrrole nitrogens is 1. The Hall–Kier alpha value is -3.01. The average Bonchev–Trinajstić information content (AvgIpc) is 3.32. The number of pyridine rings is 1. The van der Waals surface area contributed by atoms with Crippen LogP contribution in [0.2, 0.25) is 0 Å². The lowest BCUT2D eigenvalue weighted by atomic mass is 10.1. The molecule has 0 unspecified atom stereocenters. The molecule has 2 heterocycles. The lowest BCUT2D eigenvalue weighted by Gasteiger charge is -2.25. The summed E-state index contributed by atoms with van der Waals surface area (Å²) in [4.78, 5) is 27.3.